The molecule has 1 heterocycles. The molecule has 1 aromatic heterocycles. The first-order valence-electron chi connectivity index (χ1n) is 6.80. The van der Waals surface area contributed by atoms with Crippen molar-refractivity contribution in [3.63, 3.8) is 0 Å². The van der Waals surface area contributed by atoms with Gasteiger partial charge in [-0.3, -0.25) is 0 Å². The summed E-state index contributed by atoms with van der Waals surface area (Å²) in [6, 6.07) is 6.70. The molecule has 5 nitrogen and oxygen atoms in total. The van der Waals surface area contributed by atoms with Crippen LogP contribution in [0.15, 0.2) is 24.3 Å². The van der Waals surface area contributed by atoms with Gasteiger partial charge in [0, 0.05) is 5.56 Å². The van der Waals surface area contributed by atoms with Gasteiger partial charge in [-0.25, -0.2) is 9.07 Å². The first kappa shape index (κ1) is 14.6. The summed E-state index contributed by atoms with van der Waals surface area (Å²) in [5.74, 6) is 1.03. The maximum atomic E-state index is 13.7. The van der Waals surface area contributed by atoms with Crippen molar-refractivity contribution >= 4 is 0 Å². The van der Waals surface area contributed by atoms with Crippen molar-refractivity contribution in [3.8, 4) is 0 Å². The number of nitrogens with zero attached hydrogens (tertiary/aromatic N) is 4. The summed E-state index contributed by atoms with van der Waals surface area (Å²) in [5.41, 5.74) is 0.581. The predicted octanol–water partition coefficient (Wildman–Crippen LogP) is 2.17. The Hall–Kier alpha value is -1.82. The zero-order chi connectivity index (χ0) is 14.5. The van der Waals surface area contributed by atoms with E-state index < -0.39 is 0 Å². The Kier molecular flexibility index (Phi) is 4.79. The van der Waals surface area contributed by atoms with Gasteiger partial charge in [-0.05, 0) is 35.9 Å². The van der Waals surface area contributed by atoms with E-state index in [-0.39, 0.29) is 11.9 Å². The van der Waals surface area contributed by atoms with Crippen molar-refractivity contribution in [2.75, 3.05) is 6.54 Å². The molecule has 0 bridgehead atoms. The smallest absolute Gasteiger partial charge is 0.168 e. The molecule has 1 unspecified atom stereocenters. The maximum Gasteiger partial charge on any atom is 0.168 e. The summed E-state index contributed by atoms with van der Waals surface area (Å²) in [6.45, 7) is 7.51. The average molecular weight is 277 g/mol. The number of benzene rings is 1. The van der Waals surface area contributed by atoms with Crippen molar-refractivity contribution in [1.82, 2.24) is 25.5 Å². The fourth-order valence-electron chi connectivity index (χ4n) is 1.93. The number of tetrazole rings is 1. The lowest BCUT2D eigenvalue weighted by atomic mass is 10.2. The second-order valence-electron chi connectivity index (χ2n) is 5.31. The monoisotopic (exact) mass is 277 g/mol. The number of hydrogen-bond acceptors (Lipinski definition) is 4. The predicted molar refractivity (Wildman–Crippen MR) is 74.6 cm³/mol. The summed E-state index contributed by atoms with van der Waals surface area (Å²) >= 11 is 0. The van der Waals surface area contributed by atoms with Gasteiger partial charge < -0.3 is 5.32 Å². The van der Waals surface area contributed by atoms with Gasteiger partial charge in [0.1, 0.15) is 5.82 Å². The number of halogens is 1. The molecule has 0 amide bonds. The molecule has 6 heteroatoms. The molecule has 0 spiro atoms. The van der Waals surface area contributed by atoms with Gasteiger partial charge in [0.15, 0.2) is 5.82 Å². The van der Waals surface area contributed by atoms with E-state index in [2.05, 4.69) is 34.7 Å². The summed E-state index contributed by atoms with van der Waals surface area (Å²) in [4.78, 5) is 0. The number of nitrogens with one attached hydrogen (secondary N) is 1. The summed E-state index contributed by atoms with van der Waals surface area (Å²) in [6.07, 6.45) is 0. The van der Waals surface area contributed by atoms with Crippen LogP contribution in [0, 0.1) is 11.7 Å². The molecule has 1 aromatic carbocycles. The quantitative estimate of drug-likeness (QED) is 0.879. The van der Waals surface area contributed by atoms with Gasteiger partial charge in [-0.15, -0.1) is 5.10 Å². The molecule has 2 rings (SSSR count). The van der Waals surface area contributed by atoms with Crippen molar-refractivity contribution in [1.29, 1.82) is 0 Å². The van der Waals surface area contributed by atoms with E-state index in [1.807, 2.05) is 13.0 Å². The largest absolute Gasteiger partial charge is 0.307 e. The van der Waals surface area contributed by atoms with Crippen LogP contribution in [0.25, 0.3) is 0 Å². The standard InChI is InChI=1S/C14H20FN5/c1-10(2)8-16-11(3)14-17-18-19-20(14)9-12-6-4-5-7-13(12)15/h4-7,10-11,16H,8-9H2,1-3H3. The Morgan fingerprint density at radius 2 is 2.00 bits per heavy atom. The van der Waals surface area contributed by atoms with Gasteiger partial charge in [0.2, 0.25) is 0 Å². The normalized spacial score (nSPS) is 12.8. The van der Waals surface area contributed by atoms with Crippen LogP contribution in [0.1, 0.15) is 38.2 Å². The minimum atomic E-state index is -0.239. The zero-order valence-corrected chi connectivity index (χ0v) is 12.0. The molecule has 0 saturated heterocycles. The van der Waals surface area contributed by atoms with Gasteiger partial charge in [0.25, 0.3) is 0 Å². The van der Waals surface area contributed by atoms with Crippen LogP contribution in [0.2, 0.25) is 0 Å². The minimum absolute atomic E-state index is 0.0270. The Morgan fingerprint density at radius 1 is 1.25 bits per heavy atom. The number of aromatic nitrogens is 4. The second kappa shape index (κ2) is 6.56. The van der Waals surface area contributed by atoms with Gasteiger partial charge in [-0.2, -0.15) is 0 Å². The van der Waals surface area contributed by atoms with Gasteiger partial charge in [0.05, 0.1) is 12.6 Å². The van der Waals surface area contributed by atoms with Crippen LogP contribution in [-0.2, 0) is 6.54 Å². The van der Waals surface area contributed by atoms with Crippen LogP contribution in [0.3, 0.4) is 0 Å². The summed E-state index contributed by atoms with van der Waals surface area (Å²) in [7, 11) is 0. The molecule has 1 atom stereocenters. The van der Waals surface area contributed by atoms with Crippen molar-refractivity contribution in [2.24, 2.45) is 5.92 Å². The van der Waals surface area contributed by atoms with Crippen LogP contribution >= 0.6 is 0 Å². The van der Waals surface area contributed by atoms with Crippen molar-refractivity contribution in [3.05, 3.63) is 41.5 Å². The fraction of sp³-hybridized carbons (Fsp3) is 0.500. The lowest BCUT2D eigenvalue weighted by molar-refractivity contribution is 0.459. The van der Waals surface area contributed by atoms with Gasteiger partial charge in [-0.1, -0.05) is 32.0 Å². The molecule has 20 heavy (non-hydrogen) atoms. The third-order valence-corrected chi connectivity index (χ3v) is 3.06. The van der Waals surface area contributed by atoms with Gasteiger partial charge >= 0.3 is 0 Å². The lowest BCUT2D eigenvalue weighted by Gasteiger charge is -2.15. The highest BCUT2D eigenvalue weighted by Crippen LogP contribution is 2.12. The highest BCUT2D eigenvalue weighted by molar-refractivity contribution is 5.17. The first-order chi connectivity index (χ1) is 9.58. The molecule has 0 aliphatic carbocycles. The lowest BCUT2D eigenvalue weighted by Crippen LogP contribution is -2.26. The maximum absolute atomic E-state index is 13.7. The van der Waals surface area contributed by atoms with Crippen molar-refractivity contribution < 1.29 is 4.39 Å². The summed E-state index contributed by atoms with van der Waals surface area (Å²) < 4.78 is 15.3. The van der Waals surface area contributed by atoms with E-state index in [1.54, 1.807) is 16.8 Å². The van der Waals surface area contributed by atoms with E-state index in [0.717, 1.165) is 6.54 Å². The Morgan fingerprint density at radius 3 is 2.70 bits per heavy atom. The summed E-state index contributed by atoms with van der Waals surface area (Å²) in [5, 5.41) is 15.1. The zero-order valence-electron chi connectivity index (χ0n) is 12.0. The highest BCUT2D eigenvalue weighted by Gasteiger charge is 2.15. The highest BCUT2D eigenvalue weighted by atomic mass is 19.1. The first-order valence-corrected chi connectivity index (χ1v) is 6.80. The number of hydrogen-bond donors (Lipinski definition) is 1. The molecule has 0 aliphatic heterocycles. The minimum Gasteiger partial charge on any atom is -0.307 e. The Balaban J connectivity index is 2.10. The van der Waals surface area contributed by atoms with E-state index in [4.69, 9.17) is 0 Å². The Bertz CT molecular complexity index is 552. The third kappa shape index (κ3) is 3.60. The van der Waals surface area contributed by atoms with E-state index >= 15 is 0 Å². The van der Waals surface area contributed by atoms with Crippen molar-refractivity contribution in [2.45, 2.75) is 33.4 Å². The van der Waals surface area contributed by atoms with E-state index in [0.29, 0.717) is 23.9 Å². The molecule has 0 saturated carbocycles. The molecule has 1 N–H and O–H groups in total. The third-order valence-electron chi connectivity index (χ3n) is 3.06. The SMILES string of the molecule is CC(C)CNC(C)c1nnnn1Cc1ccccc1F. The fourth-order valence-corrected chi connectivity index (χ4v) is 1.93. The van der Waals surface area contributed by atoms with Crippen LogP contribution < -0.4 is 5.32 Å². The topological polar surface area (TPSA) is 55.6 Å². The van der Waals surface area contributed by atoms with E-state index in [9.17, 15) is 4.39 Å². The molecule has 0 aliphatic rings. The van der Waals surface area contributed by atoms with E-state index in [1.165, 1.54) is 6.07 Å². The molecular weight excluding hydrogens is 257 g/mol. The second-order valence-corrected chi connectivity index (χ2v) is 5.31. The Labute approximate surface area is 118 Å². The van der Waals surface area contributed by atoms with Crippen LogP contribution in [0.4, 0.5) is 4.39 Å². The molecular formula is C14H20FN5. The van der Waals surface area contributed by atoms with Crippen LogP contribution in [0.5, 0.6) is 0 Å². The molecule has 0 fully saturated rings. The molecule has 2 aromatic rings. The number of rotatable bonds is 6. The molecule has 0 radical (unpaired) electrons. The molecule has 108 valence electrons. The average Bonchev–Trinajstić information content (AvgIpc) is 2.87. The van der Waals surface area contributed by atoms with Crippen LogP contribution in [-0.4, -0.2) is 26.8 Å².